The predicted molar refractivity (Wildman–Crippen MR) is 151 cm³/mol. The maximum atomic E-state index is 13.2. The van der Waals surface area contributed by atoms with Crippen LogP contribution in [0, 0.1) is 19.8 Å². The highest BCUT2D eigenvalue weighted by atomic mass is 16.2. The molecule has 4 N–H and O–H groups in total. The first-order valence-corrected chi connectivity index (χ1v) is 13.6. The normalized spacial score (nSPS) is 20.3. The zero-order chi connectivity index (χ0) is 27.5. The van der Waals surface area contributed by atoms with Crippen molar-refractivity contribution in [1.82, 2.24) is 15.6 Å². The van der Waals surface area contributed by atoms with Crippen LogP contribution >= 0.6 is 0 Å². The van der Waals surface area contributed by atoms with Crippen LogP contribution in [0.15, 0.2) is 60.8 Å². The minimum atomic E-state index is -0.489. The van der Waals surface area contributed by atoms with E-state index in [1.807, 2.05) is 49.4 Å². The lowest BCUT2D eigenvalue weighted by atomic mass is 9.92. The van der Waals surface area contributed by atoms with Crippen LogP contribution in [0.4, 0.5) is 5.82 Å². The summed E-state index contributed by atoms with van der Waals surface area (Å²) in [6.07, 6.45) is 5.60. The number of pyridine rings is 1. The Bertz CT molecular complexity index is 1370. The molecule has 1 saturated heterocycles. The highest BCUT2D eigenvalue weighted by Gasteiger charge is 2.41. The zero-order valence-corrected chi connectivity index (χ0v) is 22.4. The molecule has 2 aromatic carbocycles. The molecule has 202 valence electrons. The minimum Gasteiger partial charge on any atom is -0.366 e. The van der Waals surface area contributed by atoms with Crippen LogP contribution < -0.4 is 21.3 Å². The number of amides is 3. The van der Waals surface area contributed by atoms with Crippen molar-refractivity contribution in [3.05, 3.63) is 94.2 Å². The average Bonchev–Trinajstić information content (AvgIpc) is 3.35. The number of nitrogens with zero attached hydrogens (tertiary/aromatic N) is 2. The minimum absolute atomic E-state index is 0.0617. The molecule has 0 bridgehead atoms. The summed E-state index contributed by atoms with van der Waals surface area (Å²) < 4.78 is 0. The summed E-state index contributed by atoms with van der Waals surface area (Å²) in [4.78, 5) is 44.4. The number of aromatic nitrogens is 1. The fourth-order valence-corrected chi connectivity index (χ4v) is 6.05. The molecule has 2 aliphatic rings. The van der Waals surface area contributed by atoms with Gasteiger partial charge in [-0.15, -0.1) is 0 Å². The number of nitrogens with two attached hydrogens (primary N) is 1. The standard InChI is InChI=1S/C31H35N5O3/c1-19-14-26(20(2)13-25(19)29(32)37)31(39)35-24-15-22-9-6-12-36(27(22)16-24)28-11-10-23(18-33-28)30(38)34-17-21-7-4-3-5-8-21/h3-5,7-8,10-11,13-14,18,22,24,27H,6,9,12,15-17H2,1-2H3,(H2,32,37)(H,34,38)(H,35,39). The second-order valence-electron chi connectivity index (χ2n) is 10.7. The molecular formula is C31H35N5O3. The highest BCUT2D eigenvalue weighted by molar-refractivity contribution is 5.99. The molecule has 8 heteroatoms. The third-order valence-electron chi connectivity index (χ3n) is 8.05. The van der Waals surface area contributed by atoms with Gasteiger partial charge < -0.3 is 21.3 Å². The second kappa shape index (κ2) is 11.3. The van der Waals surface area contributed by atoms with Crippen molar-refractivity contribution >= 4 is 23.5 Å². The summed E-state index contributed by atoms with van der Waals surface area (Å²) in [5.74, 6) is 0.583. The van der Waals surface area contributed by atoms with Crippen molar-refractivity contribution in [2.45, 2.75) is 58.2 Å². The topological polar surface area (TPSA) is 117 Å². The quantitative estimate of drug-likeness (QED) is 0.432. The first kappa shape index (κ1) is 26.4. The molecular weight excluding hydrogens is 490 g/mol. The number of rotatable bonds is 7. The fourth-order valence-electron chi connectivity index (χ4n) is 6.05. The van der Waals surface area contributed by atoms with Crippen molar-refractivity contribution in [3.63, 3.8) is 0 Å². The molecule has 5 rings (SSSR count). The summed E-state index contributed by atoms with van der Waals surface area (Å²) in [6.45, 7) is 5.00. The number of anilines is 1. The van der Waals surface area contributed by atoms with Crippen LogP contribution in [0.25, 0.3) is 0 Å². The summed E-state index contributed by atoms with van der Waals surface area (Å²) in [6, 6.07) is 17.4. The Morgan fingerprint density at radius 2 is 1.72 bits per heavy atom. The number of primary amides is 1. The van der Waals surface area contributed by atoms with Crippen molar-refractivity contribution in [1.29, 1.82) is 0 Å². The van der Waals surface area contributed by atoms with Gasteiger partial charge in [0.25, 0.3) is 11.8 Å². The third kappa shape index (κ3) is 5.79. The Hall–Kier alpha value is -4.20. The Balaban J connectivity index is 1.22. The molecule has 1 aliphatic carbocycles. The van der Waals surface area contributed by atoms with E-state index in [1.165, 1.54) is 0 Å². The van der Waals surface area contributed by atoms with Gasteiger partial charge in [0, 0.05) is 42.5 Å². The number of carbonyl (C=O) groups is 3. The van der Waals surface area contributed by atoms with E-state index in [0.29, 0.717) is 34.7 Å². The summed E-state index contributed by atoms with van der Waals surface area (Å²) >= 11 is 0. The number of hydrogen-bond acceptors (Lipinski definition) is 5. The highest BCUT2D eigenvalue weighted by Crippen LogP contribution is 2.39. The van der Waals surface area contributed by atoms with E-state index < -0.39 is 5.91 Å². The van der Waals surface area contributed by atoms with Crippen molar-refractivity contribution < 1.29 is 14.4 Å². The molecule has 3 unspecified atom stereocenters. The maximum Gasteiger partial charge on any atom is 0.253 e. The van der Waals surface area contributed by atoms with Crippen molar-refractivity contribution in [2.75, 3.05) is 11.4 Å². The summed E-state index contributed by atoms with van der Waals surface area (Å²) in [5, 5.41) is 6.19. The zero-order valence-electron chi connectivity index (χ0n) is 22.4. The Morgan fingerprint density at radius 3 is 2.44 bits per heavy atom. The molecule has 1 aliphatic heterocycles. The lowest BCUT2D eigenvalue weighted by Crippen LogP contribution is -2.43. The molecule has 2 fully saturated rings. The summed E-state index contributed by atoms with van der Waals surface area (Å²) in [7, 11) is 0. The van der Waals surface area contributed by atoms with Gasteiger partial charge in [0.1, 0.15) is 5.82 Å². The monoisotopic (exact) mass is 525 g/mol. The van der Waals surface area contributed by atoms with Gasteiger partial charge in [-0.1, -0.05) is 30.3 Å². The van der Waals surface area contributed by atoms with Crippen LogP contribution in [0.2, 0.25) is 0 Å². The largest absolute Gasteiger partial charge is 0.366 e. The van der Waals surface area contributed by atoms with Crippen LogP contribution in [-0.2, 0) is 6.54 Å². The van der Waals surface area contributed by atoms with Gasteiger partial charge in [-0.05, 0) is 86.4 Å². The fraction of sp³-hybridized carbons (Fsp3) is 0.355. The van der Waals surface area contributed by atoms with Gasteiger partial charge in [0.05, 0.1) is 5.56 Å². The number of hydrogen-bond donors (Lipinski definition) is 3. The molecule has 3 aromatic rings. The lowest BCUT2D eigenvalue weighted by Gasteiger charge is -2.38. The number of nitrogens with one attached hydrogen (secondary N) is 2. The average molecular weight is 526 g/mol. The van der Waals surface area contributed by atoms with Crippen molar-refractivity contribution in [2.24, 2.45) is 11.7 Å². The molecule has 2 heterocycles. The van der Waals surface area contributed by atoms with E-state index in [0.717, 1.165) is 49.2 Å². The van der Waals surface area contributed by atoms with Crippen molar-refractivity contribution in [3.8, 4) is 0 Å². The number of carbonyl (C=O) groups excluding carboxylic acids is 3. The van der Waals surface area contributed by atoms with Gasteiger partial charge in [0.2, 0.25) is 5.91 Å². The van der Waals surface area contributed by atoms with E-state index in [1.54, 1.807) is 25.3 Å². The maximum absolute atomic E-state index is 13.2. The molecule has 8 nitrogen and oxygen atoms in total. The van der Waals surface area contributed by atoms with E-state index in [4.69, 9.17) is 5.73 Å². The predicted octanol–water partition coefficient (Wildman–Crippen LogP) is 3.90. The van der Waals surface area contributed by atoms with Crippen LogP contribution in [-0.4, -0.2) is 41.3 Å². The number of piperidine rings is 1. The molecule has 3 atom stereocenters. The van der Waals surface area contributed by atoms with E-state index in [-0.39, 0.29) is 23.9 Å². The molecule has 0 radical (unpaired) electrons. The number of benzene rings is 2. The summed E-state index contributed by atoms with van der Waals surface area (Å²) in [5.41, 5.74) is 9.50. The molecule has 1 aromatic heterocycles. The first-order chi connectivity index (χ1) is 18.8. The lowest BCUT2D eigenvalue weighted by molar-refractivity contribution is 0.0931. The first-order valence-electron chi connectivity index (χ1n) is 13.6. The van der Waals surface area contributed by atoms with Crippen LogP contribution in [0.3, 0.4) is 0 Å². The van der Waals surface area contributed by atoms with E-state index in [2.05, 4.69) is 20.5 Å². The molecule has 3 amide bonds. The van der Waals surface area contributed by atoms with Gasteiger partial charge >= 0.3 is 0 Å². The number of aryl methyl sites for hydroxylation is 2. The van der Waals surface area contributed by atoms with Gasteiger partial charge in [-0.25, -0.2) is 4.98 Å². The van der Waals surface area contributed by atoms with E-state index in [9.17, 15) is 14.4 Å². The number of fused-ring (bicyclic) bond motifs is 1. The van der Waals surface area contributed by atoms with Gasteiger partial charge in [-0.3, -0.25) is 14.4 Å². The molecule has 39 heavy (non-hydrogen) atoms. The van der Waals surface area contributed by atoms with E-state index >= 15 is 0 Å². The SMILES string of the molecule is Cc1cc(C(=O)NC2CC3CCCN(c4ccc(C(=O)NCc5ccccc5)cn4)C3C2)c(C)cc1C(N)=O. The van der Waals surface area contributed by atoms with Crippen LogP contribution in [0.5, 0.6) is 0 Å². The Kier molecular flexibility index (Phi) is 7.63. The molecule has 0 spiro atoms. The smallest absolute Gasteiger partial charge is 0.253 e. The Labute approximate surface area is 229 Å². The van der Waals surface area contributed by atoms with Gasteiger partial charge in [-0.2, -0.15) is 0 Å². The van der Waals surface area contributed by atoms with Gasteiger partial charge in [0.15, 0.2) is 0 Å². The Morgan fingerprint density at radius 1 is 0.974 bits per heavy atom. The third-order valence-corrected chi connectivity index (χ3v) is 8.05. The second-order valence-corrected chi connectivity index (χ2v) is 10.7. The molecule has 1 saturated carbocycles. The van der Waals surface area contributed by atoms with Crippen LogP contribution in [0.1, 0.15) is 73.4 Å².